The molecular formula is C12H15FN2. The summed E-state index contributed by atoms with van der Waals surface area (Å²) in [6.45, 7) is 3.96. The van der Waals surface area contributed by atoms with Crippen LogP contribution in [0.4, 0.5) is 4.39 Å². The zero-order valence-corrected chi connectivity index (χ0v) is 9.00. The summed E-state index contributed by atoms with van der Waals surface area (Å²) in [6.07, 6.45) is 8.72. The third kappa shape index (κ3) is 3.69. The highest BCUT2D eigenvalue weighted by molar-refractivity contribution is 5.14. The lowest BCUT2D eigenvalue weighted by atomic mass is 10.1. The predicted octanol–water partition coefficient (Wildman–Crippen LogP) is 2.28. The van der Waals surface area contributed by atoms with Gasteiger partial charge in [0.25, 0.3) is 0 Å². The molecule has 0 saturated carbocycles. The Morgan fingerprint density at radius 1 is 1.53 bits per heavy atom. The van der Waals surface area contributed by atoms with Crippen molar-refractivity contribution < 1.29 is 4.39 Å². The minimum Gasteiger partial charge on any atom is -0.307 e. The Balaban J connectivity index is 2.61. The molecule has 0 aliphatic carbocycles. The van der Waals surface area contributed by atoms with Crippen LogP contribution in [0.15, 0.2) is 18.5 Å². The Kier molecular flexibility index (Phi) is 4.26. The lowest BCUT2D eigenvalue weighted by molar-refractivity contribution is 0.482. The van der Waals surface area contributed by atoms with Crippen LogP contribution in [0.25, 0.3) is 0 Å². The molecular weight excluding hydrogens is 191 g/mol. The minimum absolute atomic E-state index is 0.0524. The average Bonchev–Trinajstić information content (AvgIpc) is 2.18. The maximum Gasteiger partial charge on any atom is 0.141 e. The highest BCUT2D eigenvalue weighted by atomic mass is 19.1. The second kappa shape index (κ2) is 5.47. The SMILES string of the molecule is C#CCC(C)NC(C)c1cncc(F)c1. The van der Waals surface area contributed by atoms with Crippen LogP contribution < -0.4 is 5.32 Å². The van der Waals surface area contributed by atoms with Crippen LogP contribution in [0.1, 0.15) is 31.9 Å². The highest BCUT2D eigenvalue weighted by Crippen LogP contribution is 2.13. The molecule has 0 bridgehead atoms. The molecule has 1 aromatic heterocycles. The number of nitrogens with zero attached hydrogens (tertiary/aromatic N) is 1. The number of halogens is 1. The average molecular weight is 206 g/mol. The van der Waals surface area contributed by atoms with Crippen molar-refractivity contribution in [1.82, 2.24) is 10.3 Å². The number of rotatable bonds is 4. The van der Waals surface area contributed by atoms with Gasteiger partial charge < -0.3 is 5.32 Å². The first kappa shape index (κ1) is 11.7. The smallest absolute Gasteiger partial charge is 0.141 e. The summed E-state index contributed by atoms with van der Waals surface area (Å²) in [5.41, 5.74) is 0.832. The topological polar surface area (TPSA) is 24.9 Å². The quantitative estimate of drug-likeness (QED) is 0.764. The summed E-state index contributed by atoms with van der Waals surface area (Å²) in [5.74, 6) is 2.27. The normalized spacial score (nSPS) is 14.3. The van der Waals surface area contributed by atoms with Crippen molar-refractivity contribution in [2.75, 3.05) is 0 Å². The van der Waals surface area contributed by atoms with E-state index in [2.05, 4.69) is 16.2 Å². The fourth-order valence-electron chi connectivity index (χ4n) is 1.42. The van der Waals surface area contributed by atoms with Crippen molar-refractivity contribution in [3.63, 3.8) is 0 Å². The zero-order chi connectivity index (χ0) is 11.3. The van der Waals surface area contributed by atoms with E-state index < -0.39 is 0 Å². The van der Waals surface area contributed by atoms with Crippen molar-refractivity contribution in [2.24, 2.45) is 0 Å². The van der Waals surface area contributed by atoms with Crippen molar-refractivity contribution in [3.05, 3.63) is 29.8 Å². The lowest BCUT2D eigenvalue weighted by Crippen LogP contribution is -2.28. The van der Waals surface area contributed by atoms with E-state index >= 15 is 0 Å². The van der Waals surface area contributed by atoms with Gasteiger partial charge in [-0.3, -0.25) is 4.98 Å². The number of aromatic nitrogens is 1. The van der Waals surface area contributed by atoms with E-state index in [4.69, 9.17) is 6.42 Å². The van der Waals surface area contributed by atoms with Crippen molar-refractivity contribution in [2.45, 2.75) is 32.4 Å². The molecule has 3 heteroatoms. The van der Waals surface area contributed by atoms with Crippen LogP contribution in [0.2, 0.25) is 0 Å². The van der Waals surface area contributed by atoms with E-state index in [1.165, 1.54) is 12.3 Å². The summed E-state index contributed by atoms with van der Waals surface area (Å²) >= 11 is 0. The zero-order valence-electron chi connectivity index (χ0n) is 9.00. The molecule has 2 unspecified atom stereocenters. The van der Waals surface area contributed by atoms with E-state index in [1.54, 1.807) is 6.20 Å². The number of nitrogens with one attached hydrogen (secondary N) is 1. The van der Waals surface area contributed by atoms with E-state index in [-0.39, 0.29) is 17.9 Å². The van der Waals surface area contributed by atoms with Gasteiger partial charge in [-0.1, -0.05) is 0 Å². The maximum absolute atomic E-state index is 12.9. The first-order valence-corrected chi connectivity index (χ1v) is 4.93. The second-order valence-corrected chi connectivity index (χ2v) is 3.63. The first-order valence-electron chi connectivity index (χ1n) is 4.93. The highest BCUT2D eigenvalue weighted by Gasteiger charge is 2.09. The Morgan fingerprint density at radius 2 is 2.27 bits per heavy atom. The van der Waals surface area contributed by atoms with Crippen molar-refractivity contribution >= 4 is 0 Å². The van der Waals surface area contributed by atoms with Gasteiger partial charge in [0.1, 0.15) is 5.82 Å². The second-order valence-electron chi connectivity index (χ2n) is 3.63. The molecule has 0 aliphatic heterocycles. The Hall–Kier alpha value is -1.40. The fraction of sp³-hybridized carbons (Fsp3) is 0.417. The van der Waals surface area contributed by atoms with Crippen LogP contribution >= 0.6 is 0 Å². The van der Waals surface area contributed by atoms with Gasteiger partial charge in [0.2, 0.25) is 0 Å². The monoisotopic (exact) mass is 206 g/mol. The van der Waals surface area contributed by atoms with Crippen molar-refractivity contribution in [3.8, 4) is 12.3 Å². The molecule has 0 radical (unpaired) electrons. The summed E-state index contributed by atoms with van der Waals surface area (Å²) in [4.78, 5) is 3.80. The number of pyridine rings is 1. The van der Waals surface area contributed by atoms with Gasteiger partial charge in [0.15, 0.2) is 0 Å². The van der Waals surface area contributed by atoms with Crippen LogP contribution in [0.3, 0.4) is 0 Å². The molecule has 2 atom stereocenters. The largest absolute Gasteiger partial charge is 0.307 e. The van der Waals surface area contributed by atoms with Crippen LogP contribution in [-0.2, 0) is 0 Å². The lowest BCUT2D eigenvalue weighted by Gasteiger charge is -2.18. The molecule has 2 nitrogen and oxygen atoms in total. The summed E-state index contributed by atoms with van der Waals surface area (Å²) < 4.78 is 12.9. The molecule has 0 spiro atoms. The molecule has 0 saturated heterocycles. The van der Waals surface area contributed by atoms with Crippen molar-refractivity contribution in [1.29, 1.82) is 0 Å². The fourth-order valence-corrected chi connectivity index (χ4v) is 1.42. The van der Waals surface area contributed by atoms with E-state index in [9.17, 15) is 4.39 Å². The van der Waals surface area contributed by atoms with E-state index in [1.807, 2.05) is 13.8 Å². The third-order valence-corrected chi connectivity index (χ3v) is 2.18. The molecule has 15 heavy (non-hydrogen) atoms. The molecule has 1 rings (SSSR count). The molecule has 1 aromatic rings. The number of hydrogen-bond donors (Lipinski definition) is 1. The van der Waals surface area contributed by atoms with Gasteiger partial charge in [0, 0.05) is 24.7 Å². The Morgan fingerprint density at radius 3 is 2.87 bits per heavy atom. The molecule has 0 aromatic carbocycles. The van der Waals surface area contributed by atoms with Gasteiger partial charge in [-0.2, -0.15) is 0 Å². The Bertz CT molecular complexity index is 357. The van der Waals surface area contributed by atoms with Gasteiger partial charge in [0.05, 0.1) is 6.20 Å². The molecule has 0 fully saturated rings. The summed E-state index contributed by atoms with van der Waals surface area (Å²) in [6, 6.07) is 1.75. The molecule has 0 aliphatic rings. The van der Waals surface area contributed by atoms with E-state index in [0.29, 0.717) is 6.42 Å². The summed E-state index contributed by atoms with van der Waals surface area (Å²) in [5, 5.41) is 3.28. The molecule has 1 N–H and O–H groups in total. The van der Waals surface area contributed by atoms with Gasteiger partial charge >= 0.3 is 0 Å². The first-order chi connectivity index (χ1) is 7.13. The van der Waals surface area contributed by atoms with Gasteiger partial charge in [-0.05, 0) is 25.5 Å². The van der Waals surface area contributed by atoms with Crippen LogP contribution in [-0.4, -0.2) is 11.0 Å². The number of terminal acetylenes is 1. The maximum atomic E-state index is 12.9. The Labute approximate surface area is 89.9 Å². The van der Waals surface area contributed by atoms with Gasteiger partial charge in [-0.25, -0.2) is 4.39 Å². The van der Waals surface area contributed by atoms with Crippen LogP contribution in [0, 0.1) is 18.2 Å². The minimum atomic E-state index is -0.314. The van der Waals surface area contributed by atoms with E-state index in [0.717, 1.165) is 5.56 Å². The van der Waals surface area contributed by atoms with Gasteiger partial charge in [-0.15, -0.1) is 12.3 Å². The standard InChI is InChI=1S/C12H15FN2/c1-4-5-9(2)15-10(3)11-6-12(13)8-14-7-11/h1,6-10,15H,5H2,2-3H3. The third-order valence-electron chi connectivity index (χ3n) is 2.18. The molecule has 1 heterocycles. The number of hydrogen-bond acceptors (Lipinski definition) is 2. The predicted molar refractivity (Wildman–Crippen MR) is 58.7 cm³/mol. The summed E-state index contributed by atoms with van der Waals surface area (Å²) in [7, 11) is 0. The molecule has 80 valence electrons. The van der Waals surface area contributed by atoms with Crippen LogP contribution in [0.5, 0.6) is 0 Å². The molecule has 0 amide bonds.